The highest BCUT2D eigenvalue weighted by atomic mass is 16.5. The zero-order valence-electron chi connectivity index (χ0n) is 20.8. The predicted octanol–water partition coefficient (Wildman–Crippen LogP) is 6.12. The maximum atomic E-state index is 12.2. The Hall–Kier alpha value is -4.39. The molecule has 0 atom stereocenters. The standard InChI is InChI=1S/C29H29N3O4/c1-19(2)18-26(34)30-22-16-14-21(15-17-22)27-28(24-12-8-9-13-25(24)35-4)31-32(29(27)36-20(3)33)23-10-6-5-7-11-23/h5-17,19H,18H2,1-4H3,(H,30,34). The third kappa shape index (κ3) is 5.46. The van der Waals surface area contributed by atoms with Crippen LogP contribution >= 0.6 is 0 Å². The van der Waals surface area contributed by atoms with Gasteiger partial charge < -0.3 is 14.8 Å². The third-order valence-corrected chi connectivity index (χ3v) is 5.50. The first-order valence-corrected chi connectivity index (χ1v) is 11.8. The first kappa shape index (κ1) is 24.7. The molecule has 0 spiro atoms. The highest BCUT2D eigenvalue weighted by Gasteiger charge is 2.26. The second-order valence-electron chi connectivity index (χ2n) is 8.79. The third-order valence-electron chi connectivity index (χ3n) is 5.50. The van der Waals surface area contributed by atoms with Gasteiger partial charge >= 0.3 is 5.97 Å². The van der Waals surface area contributed by atoms with Gasteiger partial charge in [-0.3, -0.25) is 9.59 Å². The van der Waals surface area contributed by atoms with E-state index < -0.39 is 5.97 Å². The van der Waals surface area contributed by atoms with E-state index in [9.17, 15) is 9.59 Å². The molecule has 184 valence electrons. The zero-order valence-corrected chi connectivity index (χ0v) is 20.8. The van der Waals surface area contributed by atoms with Gasteiger partial charge in [0.1, 0.15) is 11.4 Å². The smallest absolute Gasteiger partial charge is 0.309 e. The van der Waals surface area contributed by atoms with Crippen LogP contribution in [0.25, 0.3) is 28.1 Å². The van der Waals surface area contributed by atoms with Crippen molar-refractivity contribution in [2.45, 2.75) is 27.2 Å². The van der Waals surface area contributed by atoms with Crippen LogP contribution in [0.3, 0.4) is 0 Å². The summed E-state index contributed by atoms with van der Waals surface area (Å²) in [6, 6.07) is 24.5. The molecule has 1 aromatic heterocycles. The minimum Gasteiger partial charge on any atom is -0.496 e. The van der Waals surface area contributed by atoms with Crippen molar-refractivity contribution in [1.82, 2.24) is 9.78 Å². The number of benzene rings is 3. The normalized spacial score (nSPS) is 10.8. The van der Waals surface area contributed by atoms with E-state index in [2.05, 4.69) is 5.32 Å². The van der Waals surface area contributed by atoms with E-state index in [1.807, 2.05) is 92.7 Å². The van der Waals surface area contributed by atoms with Crippen molar-refractivity contribution in [3.05, 3.63) is 78.9 Å². The summed E-state index contributed by atoms with van der Waals surface area (Å²) in [6.45, 7) is 5.37. The highest BCUT2D eigenvalue weighted by molar-refractivity contribution is 5.92. The maximum absolute atomic E-state index is 12.2. The molecule has 7 heteroatoms. The van der Waals surface area contributed by atoms with E-state index in [4.69, 9.17) is 14.6 Å². The predicted molar refractivity (Wildman–Crippen MR) is 140 cm³/mol. The van der Waals surface area contributed by atoms with Gasteiger partial charge in [0.05, 0.1) is 18.4 Å². The topological polar surface area (TPSA) is 82.4 Å². The quantitative estimate of drug-likeness (QED) is 0.305. The first-order chi connectivity index (χ1) is 17.4. The van der Waals surface area contributed by atoms with Crippen molar-refractivity contribution in [2.75, 3.05) is 12.4 Å². The van der Waals surface area contributed by atoms with Crippen LogP contribution in [0.1, 0.15) is 27.2 Å². The van der Waals surface area contributed by atoms with E-state index in [0.29, 0.717) is 35.0 Å². The number of aromatic nitrogens is 2. The summed E-state index contributed by atoms with van der Waals surface area (Å²) in [7, 11) is 1.61. The van der Waals surface area contributed by atoms with Crippen LogP contribution in [0.5, 0.6) is 11.6 Å². The average molecular weight is 484 g/mol. The molecule has 4 rings (SSSR count). The Morgan fingerprint density at radius 3 is 2.25 bits per heavy atom. The summed E-state index contributed by atoms with van der Waals surface area (Å²) >= 11 is 0. The summed E-state index contributed by atoms with van der Waals surface area (Å²) in [5.74, 6) is 0.708. The van der Waals surface area contributed by atoms with Crippen LogP contribution in [-0.2, 0) is 9.59 Å². The van der Waals surface area contributed by atoms with Gasteiger partial charge in [-0.05, 0) is 47.9 Å². The fourth-order valence-electron chi connectivity index (χ4n) is 3.97. The molecule has 0 radical (unpaired) electrons. The lowest BCUT2D eigenvalue weighted by molar-refractivity contribution is -0.132. The highest BCUT2D eigenvalue weighted by Crippen LogP contribution is 2.43. The van der Waals surface area contributed by atoms with Gasteiger partial charge in [-0.25, -0.2) is 0 Å². The number of methoxy groups -OCH3 is 1. The number of amides is 1. The van der Waals surface area contributed by atoms with Crippen LogP contribution < -0.4 is 14.8 Å². The molecule has 0 saturated heterocycles. The average Bonchev–Trinajstić information content (AvgIpc) is 3.22. The molecular formula is C29H29N3O4. The SMILES string of the molecule is COc1ccccc1-c1nn(-c2ccccc2)c(OC(C)=O)c1-c1ccc(NC(=O)CC(C)C)cc1. The minimum absolute atomic E-state index is 0.0371. The second kappa shape index (κ2) is 10.9. The van der Waals surface area contributed by atoms with Gasteiger partial charge in [0.25, 0.3) is 0 Å². The van der Waals surface area contributed by atoms with Crippen molar-refractivity contribution in [3.8, 4) is 39.7 Å². The number of anilines is 1. The molecule has 7 nitrogen and oxygen atoms in total. The molecule has 0 saturated carbocycles. The lowest BCUT2D eigenvalue weighted by Crippen LogP contribution is -2.13. The van der Waals surface area contributed by atoms with E-state index >= 15 is 0 Å². The van der Waals surface area contributed by atoms with Gasteiger partial charge in [0.2, 0.25) is 11.8 Å². The lowest BCUT2D eigenvalue weighted by atomic mass is 10.00. The van der Waals surface area contributed by atoms with Gasteiger partial charge in [0, 0.05) is 24.6 Å². The number of carbonyl (C=O) groups is 2. The number of para-hydroxylation sites is 2. The van der Waals surface area contributed by atoms with E-state index in [1.165, 1.54) is 6.92 Å². The van der Waals surface area contributed by atoms with Gasteiger partial charge in [0.15, 0.2) is 0 Å². The number of carbonyl (C=O) groups excluding carboxylic acids is 2. The van der Waals surface area contributed by atoms with Crippen molar-refractivity contribution in [1.29, 1.82) is 0 Å². The van der Waals surface area contributed by atoms with Gasteiger partial charge in [-0.2, -0.15) is 9.78 Å². The Balaban J connectivity index is 1.89. The summed E-state index contributed by atoms with van der Waals surface area (Å²) in [5, 5.41) is 7.81. The molecule has 0 bridgehead atoms. The Morgan fingerprint density at radius 1 is 0.944 bits per heavy atom. The maximum Gasteiger partial charge on any atom is 0.309 e. The number of hydrogen-bond acceptors (Lipinski definition) is 5. The number of ether oxygens (including phenoxy) is 2. The van der Waals surface area contributed by atoms with E-state index in [1.54, 1.807) is 11.8 Å². The molecule has 3 aromatic carbocycles. The molecule has 0 aliphatic carbocycles. The Morgan fingerprint density at radius 2 is 1.61 bits per heavy atom. The summed E-state index contributed by atoms with van der Waals surface area (Å²) < 4.78 is 13.0. The van der Waals surface area contributed by atoms with Gasteiger partial charge in [-0.15, -0.1) is 0 Å². The number of hydrogen-bond donors (Lipinski definition) is 1. The van der Waals surface area contributed by atoms with Crippen LogP contribution in [0, 0.1) is 5.92 Å². The van der Waals surface area contributed by atoms with Crippen LogP contribution in [0.4, 0.5) is 5.69 Å². The zero-order chi connectivity index (χ0) is 25.7. The summed E-state index contributed by atoms with van der Waals surface area (Å²) in [5.41, 5.74) is 4.20. The van der Waals surface area contributed by atoms with Crippen LogP contribution in [0.2, 0.25) is 0 Å². The molecule has 36 heavy (non-hydrogen) atoms. The molecule has 0 aliphatic rings. The lowest BCUT2D eigenvalue weighted by Gasteiger charge is -2.11. The Labute approximate surface area is 210 Å². The molecule has 1 N–H and O–H groups in total. The van der Waals surface area contributed by atoms with Crippen LogP contribution in [-0.4, -0.2) is 28.8 Å². The Kier molecular flexibility index (Phi) is 7.49. The summed E-state index contributed by atoms with van der Waals surface area (Å²) in [6.07, 6.45) is 0.445. The number of esters is 1. The monoisotopic (exact) mass is 483 g/mol. The molecule has 0 aliphatic heterocycles. The fourth-order valence-corrected chi connectivity index (χ4v) is 3.97. The molecule has 4 aromatic rings. The van der Waals surface area contributed by atoms with Crippen molar-refractivity contribution < 1.29 is 19.1 Å². The first-order valence-electron chi connectivity index (χ1n) is 11.8. The number of rotatable bonds is 8. The number of nitrogens with one attached hydrogen (secondary N) is 1. The van der Waals surface area contributed by atoms with Crippen molar-refractivity contribution in [2.24, 2.45) is 5.92 Å². The fraction of sp³-hybridized carbons (Fsp3) is 0.207. The van der Waals surface area contributed by atoms with Crippen molar-refractivity contribution >= 4 is 17.6 Å². The molecular weight excluding hydrogens is 454 g/mol. The Bertz CT molecular complexity index is 1360. The molecule has 0 fully saturated rings. The molecule has 0 unspecified atom stereocenters. The largest absolute Gasteiger partial charge is 0.496 e. The summed E-state index contributed by atoms with van der Waals surface area (Å²) in [4.78, 5) is 24.4. The second-order valence-corrected chi connectivity index (χ2v) is 8.79. The minimum atomic E-state index is -0.461. The van der Waals surface area contributed by atoms with Gasteiger partial charge in [-0.1, -0.05) is 56.3 Å². The number of nitrogens with zero attached hydrogens (tertiary/aromatic N) is 2. The van der Waals surface area contributed by atoms with E-state index in [0.717, 1.165) is 16.8 Å². The molecule has 1 amide bonds. The van der Waals surface area contributed by atoms with Crippen LogP contribution in [0.15, 0.2) is 78.9 Å². The molecule has 1 heterocycles. The van der Waals surface area contributed by atoms with Crippen molar-refractivity contribution in [3.63, 3.8) is 0 Å². The van der Waals surface area contributed by atoms with E-state index in [-0.39, 0.29) is 11.8 Å².